The molecule has 2 fully saturated rings. The summed E-state index contributed by atoms with van der Waals surface area (Å²) in [4.78, 5) is 16.5. The SMILES string of the molecule is COCC(=O)N1CCC(CCCN2CCC(Cc3cc(OC)ccc3Br)CC2)CC1. The van der Waals surface area contributed by atoms with Gasteiger partial charge in [0.2, 0.25) is 5.91 Å². The monoisotopic (exact) mass is 480 g/mol. The molecule has 2 heterocycles. The maximum Gasteiger partial charge on any atom is 0.248 e. The van der Waals surface area contributed by atoms with Gasteiger partial charge in [-0.2, -0.15) is 0 Å². The number of hydrogen-bond acceptors (Lipinski definition) is 4. The molecule has 3 rings (SSSR count). The first kappa shape index (κ1) is 23.6. The maximum atomic E-state index is 11.9. The number of methoxy groups -OCH3 is 2. The van der Waals surface area contributed by atoms with Gasteiger partial charge in [-0.3, -0.25) is 4.79 Å². The quantitative estimate of drug-likeness (QED) is 0.525. The van der Waals surface area contributed by atoms with E-state index in [1.165, 1.54) is 55.4 Å². The van der Waals surface area contributed by atoms with E-state index in [1.807, 2.05) is 11.0 Å². The van der Waals surface area contributed by atoms with Gasteiger partial charge in [0.05, 0.1) is 7.11 Å². The summed E-state index contributed by atoms with van der Waals surface area (Å²) in [6.07, 6.45) is 8.56. The van der Waals surface area contributed by atoms with Crippen LogP contribution in [0.3, 0.4) is 0 Å². The van der Waals surface area contributed by atoms with Crippen molar-refractivity contribution < 1.29 is 14.3 Å². The van der Waals surface area contributed by atoms with Crippen molar-refractivity contribution in [1.82, 2.24) is 9.80 Å². The summed E-state index contributed by atoms with van der Waals surface area (Å²) in [6, 6.07) is 6.28. The van der Waals surface area contributed by atoms with Crippen molar-refractivity contribution in [2.24, 2.45) is 11.8 Å². The molecule has 0 spiro atoms. The molecule has 2 aliphatic rings. The number of amides is 1. The molecule has 6 heteroatoms. The van der Waals surface area contributed by atoms with Crippen LogP contribution in [0.2, 0.25) is 0 Å². The molecule has 0 aliphatic carbocycles. The molecule has 1 amide bonds. The molecule has 1 aromatic rings. The Hall–Kier alpha value is -1.11. The zero-order valence-corrected chi connectivity index (χ0v) is 20.2. The Bertz CT molecular complexity index is 668. The third-order valence-corrected chi connectivity index (χ3v) is 7.56. The first-order valence-electron chi connectivity index (χ1n) is 11.4. The molecular formula is C24H37BrN2O3. The van der Waals surface area contributed by atoms with Gasteiger partial charge in [0.15, 0.2) is 0 Å². The van der Waals surface area contributed by atoms with Gasteiger partial charge in [0.1, 0.15) is 12.4 Å². The molecule has 0 atom stereocenters. The zero-order chi connectivity index (χ0) is 21.3. The largest absolute Gasteiger partial charge is 0.497 e. The third kappa shape index (κ3) is 6.96. The number of ether oxygens (including phenoxy) is 2. The summed E-state index contributed by atoms with van der Waals surface area (Å²) in [5.41, 5.74) is 1.36. The van der Waals surface area contributed by atoms with Gasteiger partial charge in [0, 0.05) is 24.7 Å². The summed E-state index contributed by atoms with van der Waals surface area (Å²) < 4.78 is 11.5. The van der Waals surface area contributed by atoms with Crippen LogP contribution in [-0.2, 0) is 16.0 Å². The van der Waals surface area contributed by atoms with Gasteiger partial charge in [0.25, 0.3) is 0 Å². The van der Waals surface area contributed by atoms with Crippen LogP contribution < -0.4 is 4.74 Å². The Morgan fingerprint density at radius 1 is 1.07 bits per heavy atom. The lowest BCUT2D eigenvalue weighted by atomic mass is 9.89. The summed E-state index contributed by atoms with van der Waals surface area (Å²) in [7, 11) is 3.32. The number of nitrogens with zero attached hydrogens (tertiary/aromatic N) is 2. The van der Waals surface area contributed by atoms with E-state index in [1.54, 1.807) is 14.2 Å². The Kier molecular flexibility index (Phi) is 9.47. The van der Waals surface area contributed by atoms with Crippen molar-refractivity contribution in [2.45, 2.75) is 44.9 Å². The van der Waals surface area contributed by atoms with Crippen molar-refractivity contribution in [1.29, 1.82) is 0 Å². The van der Waals surface area contributed by atoms with Gasteiger partial charge >= 0.3 is 0 Å². The number of halogens is 1. The Balaban J connectivity index is 1.31. The highest BCUT2D eigenvalue weighted by Gasteiger charge is 2.23. The highest BCUT2D eigenvalue weighted by molar-refractivity contribution is 9.10. The average molecular weight is 481 g/mol. The Labute approximate surface area is 190 Å². The molecule has 0 bridgehead atoms. The molecule has 2 saturated heterocycles. The van der Waals surface area contributed by atoms with E-state index in [-0.39, 0.29) is 12.5 Å². The number of piperidine rings is 2. The summed E-state index contributed by atoms with van der Waals surface area (Å²) in [6.45, 7) is 5.68. The number of carbonyl (C=O) groups excluding carboxylic acids is 1. The minimum atomic E-state index is 0.139. The molecule has 0 saturated carbocycles. The lowest BCUT2D eigenvalue weighted by Crippen LogP contribution is -2.40. The van der Waals surface area contributed by atoms with Crippen molar-refractivity contribution in [3.63, 3.8) is 0 Å². The molecule has 168 valence electrons. The van der Waals surface area contributed by atoms with Gasteiger partial charge < -0.3 is 19.3 Å². The van der Waals surface area contributed by atoms with Crippen LogP contribution in [0.15, 0.2) is 22.7 Å². The topological polar surface area (TPSA) is 42.0 Å². The molecule has 0 N–H and O–H groups in total. The van der Waals surface area contributed by atoms with Crippen molar-refractivity contribution >= 4 is 21.8 Å². The van der Waals surface area contributed by atoms with Gasteiger partial charge in [-0.15, -0.1) is 0 Å². The maximum absolute atomic E-state index is 11.9. The first-order chi connectivity index (χ1) is 14.6. The van der Waals surface area contributed by atoms with E-state index in [4.69, 9.17) is 9.47 Å². The molecule has 0 aromatic heterocycles. The summed E-state index contributed by atoms with van der Waals surface area (Å²) in [5, 5.41) is 0. The van der Waals surface area contributed by atoms with Crippen LogP contribution in [0.1, 0.15) is 44.1 Å². The van der Waals surface area contributed by atoms with Crippen molar-refractivity contribution in [2.75, 3.05) is 53.6 Å². The number of rotatable bonds is 9. The normalized spacial score (nSPS) is 19.2. The van der Waals surface area contributed by atoms with Crippen molar-refractivity contribution in [3.8, 4) is 5.75 Å². The average Bonchev–Trinajstić information content (AvgIpc) is 2.77. The van der Waals surface area contributed by atoms with E-state index < -0.39 is 0 Å². The van der Waals surface area contributed by atoms with Crippen molar-refractivity contribution in [3.05, 3.63) is 28.2 Å². The lowest BCUT2D eigenvalue weighted by Gasteiger charge is -2.34. The minimum absolute atomic E-state index is 0.139. The van der Waals surface area contributed by atoms with Crippen LogP contribution in [0, 0.1) is 11.8 Å². The fourth-order valence-corrected chi connectivity index (χ4v) is 5.26. The third-order valence-electron chi connectivity index (χ3n) is 6.79. The van der Waals surface area contributed by atoms with E-state index in [0.29, 0.717) is 0 Å². The van der Waals surface area contributed by atoms with Crippen LogP contribution in [0.4, 0.5) is 0 Å². The van der Waals surface area contributed by atoms with E-state index in [2.05, 4.69) is 33.0 Å². The van der Waals surface area contributed by atoms with E-state index in [0.717, 1.165) is 49.9 Å². The number of carbonyl (C=O) groups is 1. The molecule has 2 aliphatic heterocycles. The van der Waals surface area contributed by atoms with Crippen LogP contribution in [0.5, 0.6) is 5.75 Å². The number of benzene rings is 1. The number of likely N-dealkylation sites (tertiary alicyclic amines) is 2. The molecule has 5 nitrogen and oxygen atoms in total. The zero-order valence-electron chi connectivity index (χ0n) is 18.6. The first-order valence-corrected chi connectivity index (χ1v) is 12.2. The predicted molar refractivity (Wildman–Crippen MR) is 124 cm³/mol. The smallest absolute Gasteiger partial charge is 0.248 e. The molecule has 0 unspecified atom stereocenters. The highest BCUT2D eigenvalue weighted by atomic mass is 79.9. The second-order valence-corrected chi connectivity index (χ2v) is 9.70. The lowest BCUT2D eigenvalue weighted by molar-refractivity contribution is -0.136. The highest BCUT2D eigenvalue weighted by Crippen LogP contribution is 2.29. The molecule has 30 heavy (non-hydrogen) atoms. The Morgan fingerprint density at radius 2 is 1.77 bits per heavy atom. The van der Waals surface area contributed by atoms with Gasteiger partial charge in [-0.05, 0) is 100 Å². The van der Waals surface area contributed by atoms with E-state index >= 15 is 0 Å². The standard InChI is InChI=1S/C24H37BrN2O3/c1-29-18-24(28)27-14-9-19(10-15-27)4-3-11-26-12-7-20(8-13-26)16-21-17-22(30-2)5-6-23(21)25/h5-6,17,19-20H,3-4,7-16,18H2,1-2H3. The van der Waals surface area contributed by atoms with Gasteiger partial charge in [-0.1, -0.05) is 15.9 Å². The minimum Gasteiger partial charge on any atom is -0.497 e. The second kappa shape index (κ2) is 12.1. The molecule has 0 radical (unpaired) electrons. The predicted octanol–water partition coefficient (Wildman–Crippen LogP) is 4.38. The molecular weight excluding hydrogens is 444 g/mol. The molecule has 1 aromatic carbocycles. The summed E-state index contributed by atoms with van der Waals surface area (Å²) in [5.74, 6) is 2.62. The van der Waals surface area contributed by atoms with E-state index in [9.17, 15) is 4.79 Å². The van der Waals surface area contributed by atoms with Crippen LogP contribution in [-0.4, -0.2) is 69.3 Å². The van der Waals surface area contributed by atoms with Gasteiger partial charge in [-0.25, -0.2) is 0 Å². The summed E-state index contributed by atoms with van der Waals surface area (Å²) >= 11 is 3.70. The second-order valence-electron chi connectivity index (χ2n) is 8.85. The van der Waals surface area contributed by atoms with Crippen LogP contribution in [0.25, 0.3) is 0 Å². The van der Waals surface area contributed by atoms with Crippen LogP contribution >= 0.6 is 15.9 Å². The Morgan fingerprint density at radius 3 is 2.43 bits per heavy atom. The number of hydrogen-bond donors (Lipinski definition) is 0. The fraction of sp³-hybridized carbons (Fsp3) is 0.708. The fourth-order valence-electron chi connectivity index (χ4n) is 4.85.